The van der Waals surface area contributed by atoms with Gasteiger partial charge >= 0.3 is 98.5 Å². The number of hydrogen-bond acceptors (Lipinski definition) is 5. The molecule has 0 aromatic heterocycles. The van der Waals surface area contributed by atoms with Crippen molar-refractivity contribution in [2.24, 2.45) is 16.5 Å². The molecule has 5 N–H and O–H groups in total. The van der Waals surface area contributed by atoms with Gasteiger partial charge in [-0.2, -0.15) is 0 Å². The van der Waals surface area contributed by atoms with E-state index in [-0.39, 0.29) is 18.9 Å². The Bertz CT molecular complexity index is 502. The number of aliphatic carboxylic acids is 1. The van der Waals surface area contributed by atoms with E-state index < -0.39 is 43.5 Å². The van der Waals surface area contributed by atoms with Gasteiger partial charge in [0, 0.05) is 6.54 Å². The summed E-state index contributed by atoms with van der Waals surface area (Å²) in [4.78, 5) is 26.0. The number of carbonyl (C=O) groups is 2. The molecule has 0 aromatic rings. The van der Waals surface area contributed by atoms with Crippen molar-refractivity contribution in [2.75, 3.05) is 6.54 Å². The van der Waals surface area contributed by atoms with Gasteiger partial charge in [0.05, 0.1) is 12.0 Å². The molecule has 1 amide bonds. The fourth-order valence-corrected chi connectivity index (χ4v) is 12.3. The van der Waals surface area contributed by atoms with Crippen LogP contribution in [0, 0.1) is 0 Å². The molecule has 0 aromatic carbocycles. The van der Waals surface area contributed by atoms with E-state index in [0.717, 1.165) is 0 Å². The second kappa shape index (κ2) is 20.4. The van der Waals surface area contributed by atoms with E-state index in [1.54, 1.807) is 34.1 Å². The van der Waals surface area contributed by atoms with Gasteiger partial charge in [0.2, 0.25) is 0 Å². The Balaban J connectivity index is 0. The molecule has 0 aliphatic heterocycles. The fraction of sp³-hybridized carbons (Fsp3) is 0.870. The number of rotatable bonds is 15. The third-order valence-electron chi connectivity index (χ3n) is 4.57. The summed E-state index contributed by atoms with van der Waals surface area (Å²) >= 11 is -0.839. The molecule has 8 nitrogen and oxygen atoms in total. The summed E-state index contributed by atoms with van der Waals surface area (Å²) in [5.74, 6) is -1.44. The van der Waals surface area contributed by atoms with Crippen molar-refractivity contribution < 1.29 is 19.4 Å². The quantitative estimate of drug-likeness (QED) is 0.120. The second-order valence-corrected chi connectivity index (χ2v) is 17.6. The molecule has 0 saturated heterocycles. The first-order valence-electron chi connectivity index (χ1n) is 12.1. The first-order chi connectivity index (χ1) is 15.0. The van der Waals surface area contributed by atoms with Crippen molar-refractivity contribution in [1.29, 1.82) is 0 Å². The molecule has 0 saturated carbocycles. The zero-order valence-corrected chi connectivity index (χ0v) is 24.2. The summed E-state index contributed by atoms with van der Waals surface area (Å²) in [6, 6.07) is -1.14. The average molecular weight is 563 g/mol. The van der Waals surface area contributed by atoms with Crippen LogP contribution >= 0.6 is 0 Å². The Morgan fingerprint density at radius 3 is 1.78 bits per heavy atom. The van der Waals surface area contributed by atoms with Gasteiger partial charge in [0.25, 0.3) is 0 Å². The van der Waals surface area contributed by atoms with Crippen LogP contribution in [-0.4, -0.2) is 56.0 Å². The Kier molecular flexibility index (Phi) is 21.0. The monoisotopic (exact) mass is 564 g/mol. The van der Waals surface area contributed by atoms with Crippen molar-refractivity contribution >= 4 is 37.8 Å². The van der Waals surface area contributed by atoms with E-state index in [4.69, 9.17) is 16.2 Å². The number of guanidine groups is 1. The number of hydrogen-bond donors (Lipinski definition) is 3. The molecule has 0 aliphatic rings. The van der Waals surface area contributed by atoms with Crippen LogP contribution in [0.2, 0.25) is 13.3 Å². The topological polar surface area (TPSA) is 143 Å². The van der Waals surface area contributed by atoms with Gasteiger partial charge in [0.15, 0.2) is 5.96 Å². The third-order valence-corrected chi connectivity index (χ3v) is 13.7. The minimum atomic E-state index is -1.38. The SMILES string of the molecule is CC(C)(C)OC(=O)N[C@@H](CCCN=C(N)N)C(=O)[O-].CCC[CH2][Sn+]([CH2]CCC)[CH2]CCC. The minimum absolute atomic E-state index is 0.0647. The first kappa shape index (κ1) is 33.0. The molecule has 32 heavy (non-hydrogen) atoms. The van der Waals surface area contributed by atoms with E-state index in [1.165, 1.54) is 38.5 Å². The average Bonchev–Trinajstić information content (AvgIpc) is 2.68. The van der Waals surface area contributed by atoms with Gasteiger partial charge < -0.3 is 31.4 Å². The zero-order valence-electron chi connectivity index (χ0n) is 21.3. The maximum absolute atomic E-state index is 11.4. The molecule has 0 rings (SSSR count). The molecule has 1 atom stereocenters. The number of carbonyl (C=O) groups excluding carboxylic acids is 2. The number of carboxylic acids is 1. The molecule has 9 heteroatoms. The predicted molar refractivity (Wildman–Crippen MR) is 133 cm³/mol. The number of amides is 1. The third kappa shape index (κ3) is 23.5. The van der Waals surface area contributed by atoms with Gasteiger partial charge in [-0.15, -0.1) is 0 Å². The van der Waals surface area contributed by atoms with E-state index >= 15 is 0 Å². The fourth-order valence-electron chi connectivity index (χ4n) is 2.86. The standard InChI is InChI=1S/C11H22N4O4.3C4H9.Sn/c1-11(2,3)19-10(18)15-7(8(16)17)5-4-6-14-9(12)13;3*1-3-4-2;/h7H,4-6H2,1-3H3,(H,15,18)(H,16,17)(H4,12,13,14);3*1,3-4H2,2H3;/q;;;;+1/p-1/t7-;;;;/m0..../s1. The summed E-state index contributed by atoms with van der Waals surface area (Å²) in [7, 11) is 0. The van der Waals surface area contributed by atoms with Crippen LogP contribution in [0.3, 0.4) is 0 Å². The van der Waals surface area contributed by atoms with Crippen LogP contribution in [-0.2, 0) is 9.53 Å². The molecule has 0 unspecified atom stereocenters. The van der Waals surface area contributed by atoms with Crippen LogP contribution < -0.4 is 21.9 Å². The summed E-state index contributed by atoms with van der Waals surface area (Å²) in [6.07, 6.45) is 8.59. The molecule has 0 fully saturated rings. The van der Waals surface area contributed by atoms with Crippen molar-refractivity contribution in [1.82, 2.24) is 5.32 Å². The molecule has 0 heterocycles. The van der Waals surface area contributed by atoms with Crippen LogP contribution in [0.5, 0.6) is 0 Å². The van der Waals surface area contributed by atoms with Gasteiger partial charge in [-0.25, -0.2) is 4.79 Å². The zero-order chi connectivity index (χ0) is 25.0. The van der Waals surface area contributed by atoms with Crippen molar-refractivity contribution in [3.63, 3.8) is 0 Å². The van der Waals surface area contributed by atoms with Crippen molar-refractivity contribution in [2.45, 2.75) is 118 Å². The number of nitrogens with one attached hydrogen (secondary N) is 1. The van der Waals surface area contributed by atoms with Gasteiger partial charge in [-0.05, 0) is 33.6 Å². The Hall–Kier alpha value is -1.19. The second-order valence-electron chi connectivity index (χ2n) is 9.03. The van der Waals surface area contributed by atoms with Crippen LogP contribution in [0.15, 0.2) is 4.99 Å². The number of nitrogens with zero attached hydrogens (tertiary/aromatic N) is 1. The number of unbranched alkanes of at least 4 members (excludes halogenated alkanes) is 3. The van der Waals surface area contributed by atoms with Crippen LogP contribution in [0.4, 0.5) is 4.79 Å². The molecule has 0 radical (unpaired) electrons. The summed E-state index contributed by atoms with van der Waals surface area (Å²) in [5.41, 5.74) is 9.56. The molecular formula is C23H48N4O4Sn. The first-order valence-corrected chi connectivity index (χ1v) is 18.1. The summed E-state index contributed by atoms with van der Waals surface area (Å²) < 4.78 is 9.99. The number of aliphatic imine (C=N–C) groups is 1. The normalized spacial score (nSPS) is 11.6. The van der Waals surface area contributed by atoms with Crippen LogP contribution in [0.25, 0.3) is 0 Å². The number of ether oxygens (including phenoxy) is 1. The van der Waals surface area contributed by atoms with E-state index in [1.807, 2.05) is 0 Å². The van der Waals surface area contributed by atoms with E-state index in [2.05, 4.69) is 31.1 Å². The Morgan fingerprint density at radius 2 is 1.44 bits per heavy atom. The van der Waals surface area contributed by atoms with Crippen molar-refractivity contribution in [3.8, 4) is 0 Å². The molecule has 0 spiro atoms. The Morgan fingerprint density at radius 1 is 0.969 bits per heavy atom. The molecular weight excluding hydrogens is 515 g/mol. The summed E-state index contributed by atoms with van der Waals surface area (Å²) in [6.45, 7) is 12.3. The van der Waals surface area contributed by atoms with Gasteiger partial charge in [0.1, 0.15) is 5.60 Å². The molecule has 188 valence electrons. The van der Waals surface area contributed by atoms with E-state index in [9.17, 15) is 14.7 Å². The van der Waals surface area contributed by atoms with E-state index in [0.29, 0.717) is 6.42 Å². The molecule has 0 aliphatic carbocycles. The number of alkyl carbamates (subject to hydrolysis) is 1. The Labute approximate surface area is 203 Å². The predicted octanol–water partition coefficient (Wildman–Crippen LogP) is 3.56. The van der Waals surface area contributed by atoms with Gasteiger partial charge in [-0.3, -0.25) is 4.99 Å². The van der Waals surface area contributed by atoms with Crippen LogP contribution in [0.1, 0.15) is 92.9 Å². The van der Waals surface area contributed by atoms with Gasteiger partial charge in [-0.1, -0.05) is 0 Å². The van der Waals surface area contributed by atoms with Crippen molar-refractivity contribution in [3.05, 3.63) is 0 Å². The maximum atomic E-state index is 11.4. The number of nitrogens with two attached hydrogens (primary N) is 2. The number of carboxylic acid groups (broad SMARTS) is 1. The molecule has 0 bridgehead atoms. The summed E-state index contributed by atoms with van der Waals surface area (Å²) in [5, 5.41) is 13.1.